The third-order valence-corrected chi connectivity index (χ3v) is 4.41. The lowest BCUT2D eigenvalue weighted by Gasteiger charge is -2.07. The smallest absolute Gasteiger partial charge is 0.182 e. The van der Waals surface area contributed by atoms with Crippen LogP contribution in [0.15, 0.2) is 54.7 Å². The fourth-order valence-electron chi connectivity index (χ4n) is 3.27. The van der Waals surface area contributed by atoms with Gasteiger partial charge in [0.15, 0.2) is 5.78 Å². The molecule has 1 aliphatic rings. The van der Waals surface area contributed by atoms with Crippen molar-refractivity contribution in [1.29, 1.82) is 0 Å². The average molecular weight is 275 g/mol. The summed E-state index contributed by atoms with van der Waals surface area (Å²) in [5.41, 5.74) is 4.73. The third kappa shape index (κ3) is 2.17. The Labute approximate surface area is 124 Å². The van der Waals surface area contributed by atoms with Gasteiger partial charge in [0.25, 0.3) is 0 Å². The maximum Gasteiger partial charge on any atom is 0.182 e. The van der Waals surface area contributed by atoms with E-state index in [1.807, 2.05) is 29.0 Å². The normalized spacial score (nSPS) is 13.5. The fraction of sp³-hybridized carbons (Fsp3) is 0.211. The summed E-state index contributed by atoms with van der Waals surface area (Å²) in [5, 5.41) is 1.18. The van der Waals surface area contributed by atoms with Crippen molar-refractivity contribution in [3.8, 4) is 0 Å². The first-order valence-corrected chi connectivity index (χ1v) is 7.50. The molecule has 0 atom stereocenters. The molecule has 104 valence electrons. The maximum atomic E-state index is 12.5. The molecule has 21 heavy (non-hydrogen) atoms. The summed E-state index contributed by atoms with van der Waals surface area (Å²) in [7, 11) is 0. The van der Waals surface area contributed by atoms with Crippen molar-refractivity contribution in [2.45, 2.75) is 25.8 Å². The number of Topliss-reactive ketones (excluding diaryl/α,β-unsaturated/α-hetero) is 1. The van der Waals surface area contributed by atoms with Crippen LogP contribution in [0.5, 0.6) is 0 Å². The van der Waals surface area contributed by atoms with E-state index < -0.39 is 0 Å². The van der Waals surface area contributed by atoms with E-state index in [4.69, 9.17) is 0 Å². The van der Waals surface area contributed by atoms with Crippen LogP contribution in [0.3, 0.4) is 0 Å². The number of carbonyl (C=O) groups is 1. The van der Waals surface area contributed by atoms with Gasteiger partial charge in [-0.3, -0.25) is 4.79 Å². The number of hydrogen-bond donors (Lipinski definition) is 0. The molecule has 0 N–H and O–H groups in total. The van der Waals surface area contributed by atoms with Gasteiger partial charge in [-0.2, -0.15) is 0 Å². The van der Waals surface area contributed by atoms with Gasteiger partial charge in [-0.1, -0.05) is 30.3 Å². The highest BCUT2D eigenvalue weighted by Gasteiger charge is 2.14. The van der Waals surface area contributed by atoms with E-state index in [2.05, 4.69) is 30.3 Å². The highest BCUT2D eigenvalue weighted by molar-refractivity contribution is 5.97. The molecule has 0 fully saturated rings. The lowest BCUT2D eigenvalue weighted by atomic mass is 10.0. The van der Waals surface area contributed by atoms with Crippen molar-refractivity contribution in [3.05, 3.63) is 71.4 Å². The summed E-state index contributed by atoms with van der Waals surface area (Å²) >= 11 is 0. The fourth-order valence-corrected chi connectivity index (χ4v) is 3.27. The maximum absolute atomic E-state index is 12.5. The Morgan fingerprint density at radius 1 is 1.00 bits per heavy atom. The van der Waals surface area contributed by atoms with E-state index >= 15 is 0 Å². The molecule has 2 heteroatoms. The number of fused-ring (bicyclic) bond motifs is 2. The molecule has 0 saturated carbocycles. The minimum atomic E-state index is 0.186. The predicted octanol–water partition coefficient (Wildman–Crippen LogP) is 4.01. The Bertz CT molecular complexity index is 828. The minimum absolute atomic E-state index is 0.186. The first kappa shape index (κ1) is 12.4. The highest BCUT2D eigenvalue weighted by Crippen LogP contribution is 2.23. The van der Waals surface area contributed by atoms with E-state index in [1.165, 1.54) is 22.9 Å². The molecular formula is C19H17NO. The summed E-state index contributed by atoms with van der Waals surface area (Å²) in [6.07, 6.45) is 5.49. The first-order valence-electron chi connectivity index (χ1n) is 7.50. The zero-order chi connectivity index (χ0) is 14.2. The van der Waals surface area contributed by atoms with Crippen molar-refractivity contribution in [1.82, 2.24) is 4.57 Å². The summed E-state index contributed by atoms with van der Waals surface area (Å²) in [5.74, 6) is 0.186. The van der Waals surface area contributed by atoms with Crippen molar-refractivity contribution in [2.75, 3.05) is 0 Å². The minimum Gasteiger partial charge on any atom is -0.340 e. The van der Waals surface area contributed by atoms with E-state index in [-0.39, 0.29) is 5.78 Å². The summed E-state index contributed by atoms with van der Waals surface area (Å²) in [6.45, 7) is 0.409. The molecule has 0 unspecified atom stereocenters. The SMILES string of the molecule is O=C(Cn1ccc2ccccc21)c1ccc2c(c1)CCC2. The number of rotatable bonds is 3. The van der Waals surface area contributed by atoms with E-state index in [1.54, 1.807) is 0 Å². The molecule has 1 heterocycles. The van der Waals surface area contributed by atoms with Crippen LogP contribution in [-0.2, 0) is 19.4 Å². The summed E-state index contributed by atoms with van der Waals surface area (Å²) < 4.78 is 2.03. The van der Waals surface area contributed by atoms with Crippen molar-refractivity contribution < 1.29 is 4.79 Å². The van der Waals surface area contributed by atoms with Gasteiger partial charge in [0.2, 0.25) is 0 Å². The Hall–Kier alpha value is -2.35. The molecule has 0 bridgehead atoms. The Morgan fingerprint density at radius 2 is 1.86 bits per heavy atom. The van der Waals surface area contributed by atoms with Crippen LogP contribution >= 0.6 is 0 Å². The Balaban J connectivity index is 1.63. The molecule has 0 spiro atoms. The second kappa shape index (κ2) is 4.88. The van der Waals surface area contributed by atoms with Crippen LogP contribution in [0, 0.1) is 0 Å². The number of hydrogen-bond acceptors (Lipinski definition) is 1. The number of aromatic nitrogens is 1. The molecule has 1 aliphatic carbocycles. The largest absolute Gasteiger partial charge is 0.340 e. The van der Waals surface area contributed by atoms with Gasteiger partial charge in [-0.25, -0.2) is 0 Å². The van der Waals surface area contributed by atoms with Crippen LogP contribution < -0.4 is 0 Å². The molecule has 3 aromatic rings. The van der Waals surface area contributed by atoms with Crippen LogP contribution in [0.4, 0.5) is 0 Å². The quantitative estimate of drug-likeness (QED) is 0.662. The number of para-hydroxylation sites is 1. The molecule has 0 aliphatic heterocycles. The highest BCUT2D eigenvalue weighted by atomic mass is 16.1. The molecular weight excluding hydrogens is 258 g/mol. The molecule has 0 saturated heterocycles. The van der Waals surface area contributed by atoms with Gasteiger partial charge in [0, 0.05) is 17.3 Å². The monoisotopic (exact) mass is 275 g/mol. The van der Waals surface area contributed by atoms with E-state index in [0.29, 0.717) is 6.54 Å². The Morgan fingerprint density at radius 3 is 2.81 bits per heavy atom. The van der Waals surface area contributed by atoms with Crippen molar-refractivity contribution >= 4 is 16.7 Å². The number of carbonyl (C=O) groups excluding carboxylic acids is 1. The van der Waals surface area contributed by atoms with Gasteiger partial charge >= 0.3 is 0 Å². The molecule has 2 nitrogen and oxygen atoms in total. The molecule has 2 aromatic carbocycles. The van der Waals surface area contributed by atoms with Gasteiger partial charge in [0.1, 0.15) is 0 Å². The van der Waals surface area contributed by atoms with Crippen LogP contribution in [0.2, 0.25) is 0 Å². The van der Waals surface area contributed by atoms with Crippen molar-refractivity contribution in [2.24, 2.45) is 0 Å². The van der Waals surface area contributed by atoms with Crippen molar-refractivity contribution in [3.63, 3.8) is 0 Å². The second-order valence-corrected chi connectivity index (χ2v) is 5.76. The lowest BCUT2D eigenvalue weighted by molar-refractivity contribution is 0.0973. The lowest BCUT2D eigenvalue weighted by Crippen LogP contribution is -2.09. The standard InChI is InChI=1S/C19H17NO/c21-19(17-9-8-14-5-3-6-16(14)12-17)13-20-11-10-15-4-1-2-7-18(15)20/h1-2,4,7-12H,3,5-6,13H2. The molecule has 4 rings (SSSR count). The topological polar surface area (TPSA) is 22.0 Å². The molecule has 0 amide bonds. The average Bonchev–Trinajstić information content (AvgIpc) is 3.13. The second-order valence-electron chi connectivity index (χ2n) is 5.76. The van der Waals surface area contributed by atoms with Gasteiger partial charge in [-0.05, 0) is 54.0 Å². The Kier molecular flexibility index (Phi) is 2.88. The predicted molar refractivity (Wildman–Crippen MR) is 84.7 cm³/mol. The zero-order valence-corrected chi connectivity index (χ0v) is 11.9. The molecule has 1 aromatic heterocycles. The van der Waals surface area contributed by atoms with Crippen LogP contribution in [-0.4, -0.2) is 10.4 Å². The van der Waals surface area contributed by atoms with E-state index in [0.717, 1.165) is 23.9 Å². The number of ketones is 1. The number of aryl methyl sites for hydroxylation is 2. The number of benzene rings is 2. The van der Waals surface area contributed by atoms with Gasteiger partial charge in [-0.15, -0.1) is 0 Å². The zero-order valence-electron chi connectivity index (χ0n) is 11.9. The third-order valence-electron chi connectivity index (χ3n) is 4.41. The first-order chi connectivity index (χ1) is 10.3. The van der Waals surface area contributed by atoms with Gasteiger partial charge in [0.05, 0.1) is 6.54 Å². The van der Waals surface area contributed by atoms with Crippen LogP contribution in [0.25, 0.3) is 10.9 Å². The van der Waals surface area contributed by atoms with Gasteiger partial charge < -0.3 is 4.57 Å². The number of nitrogens with zero attached hydrogens (tertiary/aromatic N) is 1. The summed E-state index contributed by atoms with van der Waals surface area (Å²) in [6, 6.07) is 16.4. The molecule has 0 radical (unpaired) electrons. The van der Waals surface area contributed by atoms with Crippen LogP contribution in [0.1, 0.15) is 27.9 Å². The summed E-state index contributed by atoms with van der Waals surface area (Å²) in [4.78, 5) is 12.5. The van der Waals surface area contributed by atoms with E-state index in [9.17, 15) is 4.79 Å².